The molecule has 7 heteroatoms. The molecule has 0 bridgehead atoms. The maximum Gasteiger partial charge on any atom is 0.342 e. The number of benzene rings is 1. The van der Waals surface area contributed by atoms with E-state index in [1.807, 2.05) is 0 Å². The largest absolute Gasteiger partial charge is 0.493 e. The minimum absolute atomic E-state index is 0.159. The fourth-order valence-corrected chi connectivity index (χ4v) is 3.16. The Kier molecular flexibility index (Phi) is 8.17. The highest BCUT2D eigenvalue weighted by atomic mass is 16.6. The number of allylic oxidation sites excluding steroid dienone is 1. The van der Waals surface area contributed by atoms with Crippen molar-refractivity contribution in [2.45, 2.75) is 45.1 Å². The van der Waals surface area contributed by atoms with Crippen molar-refractivity contribution in [1.82, 2.24) is 5.32 Å². The molecule has 0 saturated heterocycles. The van der Waals surface area contributed by atoms with E-state index >= 15 is 0 Å². The molecule has 1 atom stereocenters. The van der Waals surface area contributed by atoms with Crippen LogP contribution >= 0.6 is 0 Å². The zero-order chi connectivity index (χ0) is 20.5. The summed E-state index contributed by atoms with van der Waals surface area (Å²) in [5.74, 6) is -0.0839. The Balaban J connectivity index is 1.95. The van der Waals surface area contributed by atoms with Crippen LogP contribution in [0.5, 0.6) is 17.2 Å². The van der Waals surface area contributed by atoms with Crippen molar-refractivity contribution in [1.29, 1.82) is 0 Å². The van der Waals surface area contributed by atoms with E-state index in [4.69, 9.17) is 18.9 Å². The summed E-state index contributed by atoms with van der Waals surface area (Å²) in [6.45, 7) is 2.08. The first-order valence-corrected chi connectivity index (χ1v) is 9.47. The fourth-order valence-electron chi connectivity index (χ4n) is 3.16. The Bertz CT molecular complexity index is 728. The van der Waals surface area contributed by atoms with Crippen LogP contribution in [0.1, 0.15) is 49.4 Å². The number of hydrogen-bond donors (Lipinski definition) is 1. The molecular formula is C21H29NO6. The van der Waals surface area contributed by atoms with Crippen LogP contribution in [-0.4, -0.2) is 45.9 Å². The second kappa shape index (κ2) is 10.6. The predicted octanol–water partition coefficient (Wildman–Crippen LogP) is 3.26. The summed E-state index contributed by atoms with van der Waals surface area (Å²) in [6.07, 6.45) is 6.82. The van der Waals surface area contributed by atoms with Gasteiger partial charge in [0.2, 0.25) is 5.75 Å². The van der Waals surface area contributed by atoms with Crippen LogP contribution in [0.3, 0.4) is 0 Å². The van der Waals surface area contributed by atoms with Gasteiger partial charge in [0.25, 0.3) is 5.91 Å². The topological polar surface area (TPSA) is 83.1 Å². The predicted molar refractivity (Wildman–Crippen MR) is 105 cm³/mol. The van der Waals surface area contributed by atoms with Crippen molar-refractivity contribution < 1.29 is 28.5 Å². The Morgan fingerprint density at radius 2 is 1.82 bits per heavy atom. The lowest BCUT2D eigenvalue weighted by molar-refractivity contribution is -0.129. The number of carbonyl (C=O) groups is 2. The first-order valence-electron chi connectivity index (χ1n) is 9.47. The molecule has 2 rings (SSSR count). The number of esters is 1. The number of methoxy groups -OCH3 is 3. The lowest BCUT2D eigenvalue weighted by Crippen LogP contribution is -2.36. The SMILES string of the molecule is COc1ccc(C(=O)O[C@H](C)C(=O)NCCC2=CCCCC2)c(OC)c1OC. The summed E-state index contributed by atoms with van der Waals surface area (Å²) in [5, 5.41) is 2.82. The van der Waals surface area contributed by atoms with Gasteiger partial charge in [0.1, 0.15) is 5.56 Å². The monoisotopic (exact) mass is 391 g/mol. The van der Waals surface area contributed by atoms with E-state index in [1.165, 1.54) is 45.8 Å². The Labute approximate surface area is 166 Å². The van der Waals surface area contributed by atoms with Crippen molar-refractivity contribution >= 4 is 11.9 Å². The van der Waals surface area contributed by atoms with Gasteiger partial charge in [-0.15, -0.1) is 0 Å². The zero-order valence-corrected chi connectivity index (χ0v) is 17.0. The van der Waals surface area contributed by atoms with Gasteiger partial charge in [-0.25, -0.2) is 4.79 Å². The average molecular weight is 391 g/mol. The number of hydrogen-bond acceptors (Lipinski definition) is 6. The molecule has 1 N–H and O–H groups in total. The molecule has 0 heterocycles. The highest BCUT2D eigenvalue weighted by Gasteiger charge is 2.25. The summed E-state index contributed by atoms with van der Waals surface area (Å²) in [6, 6.07) is 3.10. The molecular weight excluding hydrogens is 362 g/mol. The number of rotatable bonds is 9. The number of nitrogens with one attached hydrogen (secondary N) is 1. The van der Waals surface area contributed by atoms with E-state index in [9.17, 15) is 9.59 Å². The lowest BCUT2D eigenvalue weighted by atomic mass is 9.97. The van der Waals surface area contributed by atoms with Gasteiger partial charge in [-0.3, -0.25) is 4.79 Å². The maximum absolute atomic E-state index is 12.5. The summed E-state index contributed by atoms with van der Waals surface area (Å²) < 4.78 is 21.1. The van der Waals surface area contributed by atoms with Crippen LogP contribution in [0.25, 0.3) is 0 Å². The van der Waals surface area contributed by atoms with Crippen LogP contribution in [0.2, 0.25) is 0 Å². The normalized spacial score (nSPS) is 14.5. The quantitative estimate of drug-likeness (QED) is 0.514. The molecule has 0 aliphatic heterocycles. The van der Waals surface area contributed by atoms with Gasteiger partial charge in [-0.05, 0) is 51.2 Å². The molecule has 1 aliphatic carbocycles. The summed E-state index contributed by atoms with van der Waals surface area (Å²) in [7, 11) is 4.36. The second-order valence-electron chi connectivity index (χ2n) is 6.58. The molecule has 0 saturated carbocycles. The van der Waals surface area contributed by atoms with E-state index in [0.717, 1.165) is 19.3 Å². The van der Waals surface area contributed by atoms with Gasteiger partial charge in [0, 0.05) is 6.54 Å². The summed E-state index contributed by atoms with van der Waals surface area (Å²) >= 11 is 0. The van der Waals surface area contributed by atoms with Crippen LogP contribution in [0.15, 0.2) is 23.8 Å². The summed E-state index contributed by atoms with van der Waals surface area (Å²) in [5.41, 5.74) is 1.54. The van der Waals surface area contributed by atoms with Gasteiger partial charge in [0.15, 0.2) is 17.6 Å². The number of amides is 1. The van der Waals surface area contributed by atoms with Gasteiger partial charge in [-0.2, -0.15) is 0 Å². The molecule has 0 fully saturated rings. The molecule has 0 spiro atoms. The van der Waals surface area contributed by atoms with Crippen molar-refractivity contribution in [3.05, 3.63) is 29.3 Å². The molecule has 1 aromatic carbocycles. The van der Waals surface area contributed by atoms with Gasteiger partial charge in [-0.1, -0.05) is 11.6 Å². The molecule has 154 valence electrons. The molecule has 7 nitrogen and oxygen atoms in total. The molecule has 1 aliphatic rings. The van der Waals surface area contributed by atoms with Crippen molar-refractivity contribution in [3.8, 4) is 17.2 Å². The minimum Gasteiger partial charge on any atom is -0.493 e. The Morgan fingerprint density at radius 3 is 2.43 bits per heavy atom. The molecule has 0 unspecified atom stereocenters. The van der Waals surface area contributed by atoms with Crippen molar-refractivity contribution in [3.63, 3.8) is 0 Å². The highest BCUT2D eigenvalue weighted by Crippen LogP contribution is 2.40. The zero-order valence-electron chi connectivity index (χ0n) is 17.0. The summed E-state index contributed by atoms with van der Waals surface area (Å²) in [4.78, 5) is 24.8. The third-order valence-corrected chi connectivity index (χ3v) is 4.71. The standard InChI is InChI=1S/C21H29NO6/c1-14(20(23)22-13-12-15-8-6-5-7-9-15)28-21(24)16-10-11-17(25-2)19(27-4)18(16)26-3/h8,10-11,14H,5-7,9,12-13H2,1-4H3,(H,22,23)/t14-/m1/s1. The smallest absolute Gasteiger partial charge is 0.342 e. The third kappa shape index (κ3) is 5.41. The van der Waals surface area contributed by atoms with Gasteiger partial charge >= 0.3 is 5.97 Å². The maximum atomic E-state index is 12.5. The fraction of sp³-hybridized carbons (Fsp3) is 0.524. The van der Waals surface area contributed by atoms with Crippen molar-refractivity contribution in [2.75, 3.05) is 27.9 Å². The van der Waals surface area contributed by atoms with Crippen LogP contribution in [0, 0.1) is 0 Å². The van der Waals surface area contributed by atoms with Crippen LogP contribution in [0.4, 0.5) is 0 Å². The third-order valence-electron chi connectivity index (χ3n) is 4.71. The van der Waals surface area contributed by atoms with Crippen LogP contribution < -0.4 is 19.5 Å². The van der Waals surface area contributed by atoms with E-state index < -0.39 is 12.1 Å². The van der Waals surface area contributed by atoms with E-state index in [-0.39, 0.29) is 23.0 Å². The average Bonchev–Trinajstić information content (AvgIpc) is 2.72. The van der Waals surface area contributed by atoms with E-state index in [2.05, 4.69) is 11.4 Å². The van der Waals surface area contributed by atoms with Crippen molar-refractivity contribution in [2.24, 2.45) is 0 Å². The Morgan fingerprint density at radius 1 is 1.07 bits per heavy atom. The van der Waals surface area contributed by atoms with E-state index in [1.54, 1.807) is 13.0 Å². The molecule has 28 heavy (non-hydrogen) atoms. The molecule has 1 aromatic rings. The second-order valence-corrected chi connectivity index (χ2v) is 6.58. The Hall–Kier alpha value is -2.70. The lowest BCUT2D eigenvalue weighted by Gasteiger charge is -2.18. The molecule has 0 aromatic heterocycles. The van der Waals surface area contributed by atoms with Gasteiger partial charge in [0.05, 0.1) is 21.3 Å². The molecule has 1 amide bonds. The highest BCUT2D eigenvalue weighted by molar-refractivity contribution is 5.96. The van der Waals surface area contributed by atoms with Gasteiger partial charge < -0.3 is 24.3 Å². The van der Waals surface area contributed by atoms with E-state index in [0.29, 0.717) is 12.3 Å². The first kappa shape index (κ1) is 21.6. The van der Waals surface area contributed by atoms with Crippen LogP contribution in [-0.2, 0) is 9.53 Å². The molecule has 0 radical (unpaired) electrons. The minimum atomic E-state index is -0.925. The first-order chi connectivity index (χ1) is 13.5. The number of carbonyl (C=O) groups excluding carboxylic acids is 2. The number of ether oxygens (including phenoxy) is 4.